The smallest absolute Gasteiger partial charge is 0.318 e. The third-order valence-corrected chi connectivity index (χ3v) is 3.38. The van der Waals surface area contributed by atoms with Gasteiger partial charge in [0, 0.05) is 12.6 Å². The Bertz CT molecular complexity index is 457. The van der Waals surface area contributed by atoms with Crippen LogP contribution in [0.5, 0.6) is 5.75 Å². The molecule has 1 aromatic rings. The van der Waals surface area contributed by atoms with E-state index in [2.05, 4.69) is 5.32 Å². The normalized spacial score (nSPS) is 13.6. The van der Waals surface area contributed by atoms with Crippen molar-refractivity contribution in [3.63, 3.8) is 0 Å². The molecule has 1 aromatic carbocycles. The molecule has 0 radical (unpaired) electrons. The zero-order valence-electron chi connectivity index (χ0n) is 14.2. The number of urea groups is 1. The summed E-state index contributed by atoms with van der Waals surface area (Å²) >= 11 is 0. The number of ether oxygens (including phenoxy) is 1. The van der Waals surface area contributed by atoms with Crippen LogP contribution in [0.4, 0.5) is 4.79 Å². The molecule has 1 rings (SSSR count). The molecule has 0 aromatic heterocycles. The lowest BCUT2D eigenvalue weighted by Crippen LogP contribution is -2.47. The summed E-state index contributed by atoms with van der Waals surface area (Å²) in [5, 5.41) is 12.5. The first kappa shape index (κ1) is 18.3. The Balaban J connectivity index is 2.69. The molecule has 0 fully saturated rings. The lowest BCUT2D eigenvalue weighted by Gasteiger charge is -2.29. The average Bonchev–Trinajstić information content (AvgIpc) is 2.45. The van der Waals surface area contributed by atoms with Crippen LogP contribution >= 0.6 is 0 Å². The van der Waals surface area contributed by atoms with Crippen molar-refractivity contribution in [2.45, 2.75) is 52.8 Å². The fourth-order valence-electron chi connectivity index (χ4n) is 2.18. The van der Waals surface area contributed by atoms with Gasteiger partial charge in [-0.25, -0.2) is 4.79 Å². The number of hydrogen-bond acceptors (Lipinski definition) is 3. The van der Waals surface area contributed by atoms with Gasteiger partial charge in [-0.2, -0.15) is 0 Å². The standard InChI is InChI=1S/C17H28N2O3/c1-6-22-16-9-7-15(8-10-16)14(5)18-17(21)19(12(2)3)11-13(4)20/h7-10,12-14,20H,6,11H2,1-5H3,(H,18,21). The molecule has 0 bridgehead atoms. The fourth-order valence-corrected chi connectivity index (χ4v) is 2.18. The van der Waals surface area contributed by atoms with Gasteiger partial charge in [0.25, 0.3) is 0 Å². The van der Waals surface area contributed by atoms with E-state index in [4.69, 9.17) is 4.74 Å². The van der Waals surface area contributed by atoms with Gasteiger partial charge in [0.05, 0.1) is 18.8 Å². The largest absolute Gasteiger partial charge is 0.494 e. The van der Waals surface area contributed by atoms with Gasteiger partial charge in [0.2, 0.25) is 0 Å². The Labute approximate surface area is 133 Å². The third kappa shape index (κ3) is 5.56. The number of carbonyl (C=O) groups excluding carboxylic acids is 1. The summed E-state index contributed by atoms with van der Waals surface area (Å²) in [5.74, 6) is 0.822. The highest BCUT2D eigenvalue weighted by Crippen LogP contribution is 2.18. The first-order valence-corrected chi connectivity index (χ1v) is 7.83. The van der Waals surface area contributed by atoms with E-state index in [0.29, 0.717) is 13.2 Å². The van der Waals surface area contributed by atoms with Gasteiger partial charge in [0.15, 0.2) is 0 Å². The lowest BCUT2D eigenvalue weighted by molar-refractivity contribution is 0.117. The zero-order valence-corrected chi connectivity index (χ0v) is 14.2. The number of amides is 2. The number of benzene rings is 1. The molecule has 0 saturated heterocycles. The first-order valence-electron chi connectivity index (χ1n) is 7.83. The quantitative estimate of drug-likeness (QED) is 0.814. The van der Waals surface area contributed by atoms with Crippen LogP contribution in [0, 0.1) is 0 Å². The van der Waals surface area contributed by atoms with Gasteiger partial charge in [0.1, 0.15) is 5.75 Å². The molecule has 5 heteroatoms. The summed E-state index contributed by atoms with van der Waals surface area (Å²) in [6.07, 6.45) is -0.547. The van der Waals surface area contributed by atoms with E-state index < -0.39 is 6.10 Å². The SMILES string of the molecule is CCOc1ccc(C(C)NC(=O)N(CC(C)O)C(C)C)cc1. The van der Waals surface area contributed by atoms with Gasteiger partial charge in [-0.1, -0.05) is 12.1 Å². The second-order valence-corrected chi connectivity index (χ2v) is 5.77. The Morgan fingerprint density at radius 2 is 1.82 bits per heavy atom. The van der Waals surface area contributed by atoms with Crippen LogP contribution in [0.1, 0.15) is 46.2 Å². The molecule has 0 heterocycles. The van der Waals surface area contributed by atoms with E-state index in [1.54, 1.807) is 11.8 Å². The van der Waals surface area contributed by atoms with Crippen LogP contribution in [0.3, 0.4) is 0 Å². The number of nitrogens with zero attached hydrogens (tertiary/aromatic N) is 1. The second kappa shape index (κ2) is 8.63. The van der Waals surface area contributed by atoms with Crippen LogP contribution in [0.2, 0.25) is 0 Å². The summed E-state index contributed by atoms with van der Waals surface area (Å²) in [4.78, 5) is 14.0. The number of hydrogen-bond donors (Lipinski definition) is 2. The minimum Gasteiger partial charge on any atom is -0.494 e. The average molecular weight is 308 g/mol. The molecule has 2 unspecified atom stereocenters. The summed E-state index contributed by atoms with van der Waals surface area (Å²) in [7, 11) is 0. The van der Waals surface area contributed by atoms with Gasteiger partial charge < -0.3 is 20.1 Å². The number of nitrogens with one attached hydrogen (secondary N) is 1. The van der Waals surface area contributed by atoms with Crippen molar-refractivity contribution in [2.75, 3.05) is 13.2 Å². The monoisotopic (exact) mass is 308 g/mol. The molecule has 124 valence electrons. The summed E-state index contributed by atoms with van der Waals surface area (Å²) in [6, 6.07) is 7.45. The van der Waals surface area contributed by atoms with Crippen molar-refractivity contribution < 1.29 is 14.6 Å². The molecular formula is C17H28N2O3. The first-order chi connectivity index (χ1) is 10.3. The molecule has 2 atom stereocenters. The molecule has 0 spiro atoms. The van der Waals surface area contributed by atoms with Gasteiger partial charge in [-0.3, -0.25) is 0 Å². The van der Waals surface area contributed by atoms with E-state index >= 15 is 0 Å². The van der Waals surface area contributed by atoms with Gasteiger partial charge in [-0.15, -0.1) is 0 Å². The number of rotatable bonds is 7. The van der Waals surface area contributed by atoms with Crippen molar-refractivity contribution >= 4 is 6.03 Å². The molecule has 0 saturated carbocycles. The van der Waals surface area contributed by atoms with E-state index in [1.807, 2.05) is 52.0 Å². The number of aliphatic hydroxyl groups excluding tert-OH is 1. The number of carbonyl (C=O) groups is 1. The Morgan fingerprint density at radius 3 is 2.27 bits per heavy atom. The van der Waals surface area contributed by atoms with Crippen LogP contribution in [0.25, 0.3) is 0 Å². The maximum absolute atomic E-state index is 12.4. The fraction of sp³-hybridized carbons (Fsp3) is 0.588. The minimum atomic E-state index is -0.547. The Morgan fingerprint density at radius 1 is 1.23 bits per heavy atom. The Hall–Kier alpha value is -1.75. The topological polar surface area (TPSA) is 61.8 Å². The third-order valence-electron chi connectivity index (χ3n) is 3.38. The molecule has 0 aliphatic carbocycles. The summed E-state index contributed by atoms with van der Waals surface area (Å²) < 4.78 is 5.41. The molecule has 0 aliphatic heterocycles. The minimum absolute atomic E-state index is 0.0298. The highest BCUT2D eigenvalue weighted by molar-refractivity contribution is 5.75. The van der Waals surface area contributed by atoms with E-state index in [9.17, 15) is 9.90 Å². The van der Waals surface area contributed by atoms with E-state index in [0.717, 1.165) is 11.3 Å². The number of aliphatic hydroxyl groups is 1. The van der Waals surface area contributed by atoms with Crippen molar-refractivity contribution in [3.8, 4) is 5.75 Å². The molecule has 2 N–H and O–H groups in total. The lowest BCUT2D eigenvalue weighted by atomic mass is 10.1. The second-order valence-electron chi connectivity index (χ2n) is 5.77. The highest BCUT2D eigenvalue weighted by atomic mass is 16.5. The van der Waals surface area contributed by atoms with Crippen molar-refractivity contribution in [2.24, 2.45) is 0 Å². The van der Waals surface area contributed by atoms with Crippen LogP contribution in [-0.4, -0.2) is 41.3 Å². The molecule has 0 aliphatic rings. The van der Waals surface area contributed by atoms with Crippen LogP contribution < -0.4 is 10.1 Å². The molecule has 22 heavy (non-hydrogen) atoms. The molecular weight excluding hydrogens is 280 g/mol. The molecule has 5 nitrogen and oxygen atoms in total. The maximum atomic E-state index is 12.4. The predicted molar refractivity (Wildman–Crippen MR) is 88.1 cm³/mol. The van der Waals surface area contributed by atoms with Crippen molar-refractivity contribution in [1.29, 1.82) is 0 Å². The zero-order chi connectivity index (χ0) is 16.7. The summed E-state index contributed by atoms with van der Waals surface area (Å²) in [6.45, 7) is 10.4. The van der Waals surface area contributed by atoms with Crippen LogP contribution in [0.15, 0.2) is 24.3 Å². The maximum Gasteiger partial charge on any atom is 0.318 e. The predicted octanol–water partition coefficient (Wildman–Crippen LogP) is 2.95. The molecule has 2 amide bonds. The van der Waals surface area contributed by atoms with E-state index in [1.165, 1.54) is 0 Å². The van der Waals surface area contributed by atoms with Crippen molar-refractivity contribution in [1.82, 2.24) is 10.2 Å². The summed E-state index contributed by atoms with van der Waals surface area (Å²) in [5.41, 5.74) is 1.01. The van der Waals surface area contributed by atoms with Gasteiger partial charge in [-0.05, 0) is 52.3 Å². The highest BCUT2D eigenvalue weighted by Gasteiger charge is 2.20. The van der Waals surface area contributed by atoms with Crippen molar-refractivity contribution in [3.05, 3.63) is 29.8 Å². The van der Waals surface area contributed by atoms with Crippen LogP contribution in [-0.2, 0) is 0 Å². The van der Waals surface area contributed by atoms with Gasteiger partial charge >= 0.3 is 6.03 Å². The Kier molecular flexibility index (Phi) is 7.18. The van der Waals surface area contributed by atoms with E-state index in [-0.39, 0.29) is 18.1 Å².